The quantitative estimate of drug-likeness (QED) is 0.593. The van der Waals surface area contributed by atoms with Crippen molar-refractivity contribution in [3.8, 4) is 0 Å². The topological polar surface area (TPSA) is 81.6 Å². The standard InChI is InChI=1S/C19H23FN2O3/c20-16-10-5-4-9-15(16)18(24)13-21-19(25)22-17(11-6-12-23)14-7-2-1-3-8-14/h1-5,7-10,17-18,23-24H,6,11-13H2,(H2,21,22,25). The Balaban J connectivity index is 1.91. The monoisotopic (exact) mass is 346 g/mol. The van der Waals surface area contributed by atoms with Gasteiger partial charge in [0.25, 0.3) is 0 Å². The Kier molecular flexibility index (Phi) is 7.37. The highest BCUT2D eigenvalue weighted by Gasteiger charge is 2.16. The van der Waals surface area contributed by atoms with Crippen molar-refractivity contribution in [3.63, 3.8) is 0 Å². The highest BCUT2D eigenvalue weighted by atomic mass is 19.1. The molecule has 0 fully saturated rings. The number of hydrogen-bond donors (Lipinski definition) is 4. The van der Waals surface area contributed by atoms with E-state index in [1.54, 1.807) is 6.07 Å². The maximum atomic E-state index is 13.6. The summed E-state index contributed by atoms with van der Waals surface area (Å²) in [5, 5.41) is 24.4. The van der Waals surface area contributed by atoms with E-state index in [1.807, 2.05) is 30.3 Å². The number of carbonyl (C=O) groups is 1. The molecule has 2 rings (SSSR count). The second-order valence-corrected chi connectivity index (χ2v) is 5.72. The first-order valence-electron chi connectivity index (χ1n) is 8.24. The highest BCUT2D eigenvalue weighted by Crippen LogP contribution is 2.18. The van der Waals surface area contributed by atoms with Crippen molar-refractivity contribution >= 4 is 6.03 Å². The lowest BCUT2D eigenvalue weighted by Gasteiger charge is -2.20. The molecule has 2 aromatic carbocycles. The smallest absolute Gasteiger partial charge is 0.315 e. The van der Waals surface area contributed by atoms with Crippen molar-refractivity contribution in [2.75, 3.05) is 13.2 Å². The number of nitrogens with one attached hydrogen (secondary N) is 2. The molecule has 0 aliphatic heterocycles. The molecule has 0 aromatic heterocycles. The summed E-state index contributed by atoms with van der Waals surface area (Å²) in [6, 6.07) is 14.6. The van der Waals surface area contributed by atoms with Crippen LogP contribution in [0, 0.1) is 5.82 Å². The van der Waals surface area contributed by atoms with Crippen LogP contribution in [0.25, 0.3) is 0 Å². The van der Waals surface area contributed by atoms with E-state index in [9.17, 15) is 14.3 Å². The summed E-state index contributed by atoms with van der Waals surface area (Å²) < 4.78 is 13.6. The van der Waals surface area contributed by atoms with Gasteiger partial charge in [0.05, 0.1) is 12.1 Å². The number of halogens is 1. The van der Waals surface area contributed by atoms with E-state index in [1.165, 1.54) is 18.2 Å². The molecule has 0 aliphatic carbocycles. The average Bonchev–Trinajstić information content (AvgIpc) is 2.64. The van der Waals surface area contributed by atoms with Gasteiger partial charge in [-0.05, 0) is 24.5 Å². The second kappa shape index (κ2) is 9.76. The molecule has 134 valence electrons. The van der Waals surface area contributed by atoms with Gasteiger partial charge in [0.15, 0.2) is 0 Å². The average molecular weight is 346 g/mol. The molecule has 0 bridgehead atoms. The zero-order valence-electron chi connectivity index (χ0n) is 13.9. The van der Waals surface area contributed by atoms with Crippen LogP contribution in [0.4, 0.5) is 9.18 Å². The Labute approximate surface area is 146 Å². The number of urea groups is 1. The van der Waals surface area contributed by atoms with Gasteiger partial charge in [-0.15, -0.1) is 0 Å². The van der Waals surface area contributed by atoms with Gasteiger partial charge < -0.3 is 20.8 Å². The molecule has 2 aromatic rings. The normalized spacial score (nSPS) is 13.1. The van der Waals surface area contributed by atoms with E-state index in [2.05, 4.69) is 10.6 Å². The fraction of sp³-hybridized carbons (Fsp3) is 0.316. The van der Waals surface area contributed by atoms with Crippen LogP contribution in [-0.2, 0) is 0 Å². The Morgan fingerprint density at radius 2 is 1.76 bits per heavy atom. The van der Waals surface area contributed by atoms with Gasteiger partial charge in [-0.2, -0.15) is 0 Å². The molecule has 0 aliphatic rings. The van der Waals surface area contributed by atoms with Crippen molar-refractivity contribution in [1.82, 2.24) is 10.6 Å². The van der Waals surface area contributed by atoms with Crippen molar-refractivity contribution in [2.24, 2.45) is 0 Å². The molecule has 0 radical (unpaired) electrons. The Hall–Kier alpha value is -2.44. The minimum Gasteiger partial charge on any atom is -0.396 e. The van der Waals surface area contributed by atoms with E-state index in [4.69, 9.17) is 5.11 Å². The molecule has 0 spiro atoms. The summed E-state index contributed by atoms with van der Waals surface area (Å²) in [5.41, 5.74) is 1.07. The molecule has 2 amide bonds. The predicted octanol–water partition coefficient (Wildman–Crippen LogP) is 2.67. The van der Waals surface area contributed by atoms with Crippen LogP contribution in [0.3, 0.4) is 0 Å². The fourth-order valence-electron chi connectivity index (χ4n) is 2.56. The maximum Gasteiger partial charge on any atom is 0.315 e. The van der Waals surface area contributed by atoms with Gasteiger partial charge in [-0.25, -0.2) is 9.18 Å². The van der Waals surface area contributed by atoms with Crippen LogP contribution in [-0.4, -0.2) is 29.4 Å². The van der Waals surface area contributed by atoms with Gasteiger partial charge in [-0.3, -0.25) is 0 Å². The highest BCUT2D eigenvalue weighted by molar-refractivity contribution is 5.74. The van der Waals surface area contributed by atoms with Gasteiger partial charge in [0.1, 0.15) is 5.82 Å². The Morgan fingerprint density at radius 3 is 2.44 bits per heavy atom. The van der Waals surface area contributed by atoms with Crippen molar-refractivity contribution in [3.05, 3.63) is 71.5 Å². The molecule has 4 N–H and O–H groups in total. The first kappa shape index (κ1) is 18.9. The van der Waals surface area contributed by atoms with Crippen LogP contribution >= 0.6 is 0 Å². The third kappa shape index (κ3) is 5.85. The molecule has 2 unspecified atom stereocenters. The first-order valence-corrected chi connectivity index (χ1v) is 8.24. The summed E-state index contributed by atoms with van der Waals surface area (Å²) in [4.78, 5) is 12.1. The molecular weight excluding hydrogens is 323 g/mol. The molecular formula is C19H23FN2O3. The lowest BCUT2D eigenvalue weighted by Crippen LogP contribution is -2.40. The minimum atomic E-state index is -1.13. The summed E-state index contributed by atoms with van der Waals surface area (Å²) in [6.07, 6.45) is 0.0150. The van der Waals surface area contributed by atoms with Crippen molar-refractivity contribution in [1.29, 1.82) is 0 Å². The molecule has 25 heavy (non-hydrogen) atoms. The minimum absolute atomic E-state index is 0.0403. The van der Waals surface area contributed by atoms with Gasteiger partial charge >= 0.3 is 6.03 Å². The summed E-state index contributed by atoms with van der Waals surface area (Å²) in [6.45, 7) is -0.0626. The van der Waals surface area contributed by atoms with Crippen molar-refractivity contribution < 1.29 is 19.4 Å². The van der Waals surface area contributed by atoms with Crippen LogP contribution < -0.4 is 10.6 Å². The van der Waals surface area contributed by atoms with E-state index in [-0.39, 0.29) is 24.8 Å². The third-order valence-corrected chi connectivity index (χ3v) is 3.88. The SMILES string of the molecule is O=C(NCC(O)c1ccccc1F)NC(CCCO)c1ccccc1. The van der Waals surface area contributed by atoms with E-state index in [0.29, 0.717) is 12.8 Å². The lowest BCUT2D eigenvalue weighted by atomic mass is 10.0. The van der Waals surface area contributed by atoms with Crippen molar-refractivity contribution in [2.45, 2.75) is 25.0 Å². The first-order chi connectivity index (χ1) is 12.1. The van der Waals surface area contributed by atoms with Crippen LogP contribution in [0.5, 0.6) is 0 Å². The van der Waals surface area contributed by atoms with E-state index in [0.717, 1.165) is 5.56 Å². The zero-order chi connectivity index (χ0) is 18.1. The number of hydrogen-bond acceptors (Lipinski definition) is 3. The summed E-state index contributed by atoms with van der Waals surface area (Å²) in [7, 11) is 0. The number of aliphatic hydroxyl groups excluding tert-OH is 2. The molecule has 0 heterocycles. The van der Waals surface area contributed by atoms with Gasteiger partial charge in [0, 0.05) is 18.7 Å². The fourth-order valence-corrected chi connectivity index (χ4v) is 2.56. The second-order valence-electron chi connectivity index (χ2n) is 5.72. The number of benzene rings is 2. The third-order valence-electron chi connectivity index (χ3n) is 3.88. The van der Waals surface area contributed by atoms with E-state index >= 15 is 0 Å². The van der Waals surface area contributed by atoms with Crippen LogP contribution in [0.1, 0.15) is 36.1 Å². The molecule has 2 atom stereocenters. The largest absolute Gasteiger partial charge is 0.396 e. The Morgan fingerprint density at radius 1 is 1.08 bits per heavy atom. The molecule has 6 heteroatoms. The number of rotatable bonds is 8. The lowest BCUT2D eigenvalue weighted by molar-refractivity contribution is 0.168. The van der Waals surface area contributed by atoms with Crippen LogP contribution in [0.2, 0.25) is 0 Å². The van der Waals surface area contributed by atoms with Gasteiger partial charge in [-0.1, -0.05) is 48.5 Å². The predicted molar refractivity (Wildman–Crippen MR) is 93.4 cm³/mol. The zero-order valence-corrected chi connectivity index (χ0v) is 13.9. The molecule has 0 saturated carbocycles. The Bertz CT molecular complexity index is 667. The number of carbonyl (C=O) groups excluding carboxylic acids is 1. The van der Waals surface area contributed by atoms with E-state index < -0.39 is 18.0 Å². The molecule has 0 saturated heterocycles. The number of aliphatic hydroxyl groups is 2. The summed E-state index contributed by atoms with van der Waals surface area (Å²) >= 11 is 0. The van der Waals surface area contributed by atoms with Crippen LogP contribution in [0.15, 0.2) is 54.6 Å². The number of amides is 2. The maximum absolute atomic E-state index is 13.6. The summed E-state index contributed by atoms with van der Waals surface area (Å²) in [5.74, 6) is -0.512. The molecule has 5 nitrogen and oxygen atoms in total. The van der Waals surface area contributed by atoms with Gasteiger partial charge in [0.2, 0.25) is 0 Å².